The molecule has 0 amide bonds. The van der Waals surface area contributed by atoms with Gasteiger partial charge in [-0.2, -0.15) is 5.10 Å². The van der Waals surface area contributed by atoms with Crippen LogP contribution in [0, 0.1) is 0 Å². The van der Waals surface area contributed by atoms with E-state index in [0.29, 0.717) is 18.9 Å². The Labute approximate surface area is 109 Å². The number of rotatable bonds is 5. The van der Waals surface area contributed by atoms with Crippen molar-refractivity contribution in [1.82, 2.24) is 9.78 Å². The van der Waals surface area contributed by atoms with Crippen LogP contribution in [0.25, 0.3) is 0 Å². The third-order valence-corrected chi connectivity index (χ3v) is 3.89. The van der Waals surface area contributed by atoms with Crippen molar-refractivity contribution in [2.75, 3.05) is 0 Å². The van der Waals surface area contributed by atoms with Crippen LogP contribution >= 0.6 is 0 Å². The first-order valence-electron chi connectivity index (χ1n) is 7.11. The van der Waals surface area contributed by atoms with Gasteiger partial charge in [0.05, 0.1) is 23.9 Å². The zero-order valence-electron chi connectivity index (χ0n) is 11.1. The minimum atomic E-state index is -0.704. The van der Waals surface area contributed by atoms with Gasteiger partial charge in [0.15, 0.2) is 0 Å². The summed E-state index contributed by atoms with van der Waals surface area (Å²) in [7, 11) is 0. The lowest BCUT2D eigenvalue weighted by molar-refractivity contribution is 0.0175. The first-order valence-corrected chi connectivity index (χ1v) is 7.11. The predicted molar refractivity (Wildman–Crippen MR) is 70.4 cm³/mol. The van der Waals surface area contributed by atoms with Crippen LogP contribution in [-0.4, -0.2) is 32.2 Å². The van der Waals surface area contributed by atoms with Gasteiger partial charge in [-0.15, -0.1) is 0 Å². The lowest BCUT2D eigenvalue weighted by atomic mass is 9.96. The van der Waals surface area contributed by atoms with Crippen LogP contribution in [0.5, 0.6) is 0 Å². The van der Waals surface area contributed by atoms with Gasteiger partial charge in [-0.1, -0.05) is 26.2 Å². The molecule has 1 heterocycles. The molecule has 102 valence electrons. The van der Waals surface area contributed by atoms with Gasteiger partial charge in [-0.3, -0.25) is 4.68 Å². The van der Waals surface area contributed by atoms with E-state index in [1.807, 2.05) is 23.9 Å². The average molecular weight is 252 g/mol. The standard InChI is InChI=1S/C14H24N2O2/c1-2-13(17)14(18)10-11-8-9-16(15-11)12-6-4-3-5-7-12/h8-9,12-14,17-18H,2-7,10H2,1H3. The third kappa shape index (κ3) is 3.33. The van der Waals surface area contributed by atoms with Crippen molar-refractivity contribution in [2.24, 2.45) is 0 Å². The van der Waals surface area contributed by atoms with Crippen LogP contribution in [-0.2, 0) is 6.42 Å². The summed E-state index contributed by atoms with van der Waals surface area (Å²) in [5.74, 6) is 0. The topological polar surface area (TPSA) is 58.3 Å². The first kappa shape index (κ1) is 13.6. The largest absolute Gasteiger partial charge is 0.390 e. The fourth-order valence-corrected chi connectivity index (χ4v) is 2.66. The summed E-state index contributed by atoms with van der Waals surface area (Å²) in [6.07, 6.45) is 8.01. The van der Waals surface area contributed by atoms with Crippen LogP contribution in [0.15, 0.2) is 12.3 Å². The smallest absolute Gasteiger partial charge is 0.0854 e. The summed E-state index contributed by atoms with van der Waals surface area (Å²) in [5, 5.41) is 23.9. The third-order valence-electron chi connectivity index (χ3n) is 3.89. The van der Waals surface area contributed by atoms with Crippen LogP contribution < -0.4 is 0 Å². The van der Waals surface area contributed by atoms with E-state index in [-0.39, 0.29) is 0 Å². The SMILES string of the molecule is CCC(O)C(O)Cc1ccn(C2CCCCC2)n1. The number of aliphatic hydroxyl groups excluding tert-OH is 2. The van der Waals surface area contributed by atoms with Crippen molar-refractivity contribution in [3.63, 3.8) is 0 Å². The summed E-state index contributed by atoms with van der Waals surface area (Å²) in [6.45, 7) is 1.87. The monoisotopic (exact) mass is 252 g/mol. The molecule has 2 atom stereocenters. The zero-order chi connectivity index (χ0) is 13.0. The highest BCUT2D eigenvalue weighted by atomic mass is 16.3. The van der Waals surface area contributed by atoms with Gasteiger partial charge < -0.3 is 10.2 Å². The highest BCUT2D eigenvalue weighted by Gasteiger charge is 2.19. The number of nitrogens with zero attached hydrogens (tertiary/aromatic N) is 2. The summed E-state index contributed by atoms with van der Waals surface area (Å²) < 4.78 is 2.04. The number of aliphatic hydroxyl groups is 2. The molecule has 0 aromatic carbocycles. The van der Waals surface area contributed by atoms with Crippen LogP contribution in [0.4, 0.5) is 0 Å². The zero-order valence-corrected chi connectivity index (χ0v) is 11.1. The lowest BCUT2D eigenvalue weighted by Crippen LogP contribution is -2.27. The highest BCUT2D eigenvalue weighted by molar-refractivity contribution is 5.02. The Hall–Kier alpha value is -0.870. The van der Waals surface area contributed by atoms with Gasteiger partial charge in [0.25, 0.3) is 0 Å². The Morgan fingerprint density at radius 3 is 2.67 bits per heavy atom. The summed E-state index contributed by atoms with van der Waals surface area (Å²) >= 11 is 0. The summed E-state index contributed by atoms with van der Waals surface area (Å²) in [6, 6.07) is 2.49. The van der Waals surface area contributed by atoms with Crippen molar-refractivity contribution in [1.29, 1.82) is 0 Å². The van der Waals surface area contributed by atoms with E-state index in [0.717, 1.165) is 5.69 Å². The quantitative estimate of drug-likeness (QED) is 0.843. The van der Waals surface area contributed by atoms with E-state index < -0.39 is 12.2 Å². The second-order valence-electron chi connectivity index (χ2n) is 5.33. The number of aromatic nitrogens is 2. The minimum absolute atomic E-state index is 0.439. The Bertz CT molecular complexity index is 358. The molecule has 2 rings (SSSR count). The molecule has 0 radical (unpaired) electrons. The van der Waals surface area contributed by atoms with E-state index in [1.165, 1.54) is 32.1 Å². The lowest BCUT2D eigenvalue weighted by Gasteiger charge is -2.22. The maximum atomic E-state index is 9.79. The maximum absolute atomic E-state index is 9.79. The normalized spacial score (nSPS) is 20.8. The molecule has 0 aliphatic heterocycles. The van der Waals surface area contributed by atoms with E-state index in [1.54, 1.807) is 0 Å². The van der Waals surface area contributed by atoms with Crippen molar-refractivity contribution in [3.8, 4) is 0 Å². The van der Waals surface area contributed by atoms with Crippen LogP contribution in [0.2, 0.25) is 0 Å². The molecular weight excluding hydrogens is 228 g/mol. The molecule has 1 aliphatic carbocycles. The molecule has 0 bridgehead atoms. The molecule has 1 aromatic rings. The molecule has 2 N–H and O–H groups in total. The van der Waals surface area contributed by atoms with Crippen LogP contribution in [0.1, 0.15) is 57.2 Å². The molecule has 1 fully saturated rings. The summed E-state index contributed by atoms with van der Waals surface area (Å²) in [4.78, 5) is 0. The second-order valence-corrected chi connectivity index (χ2v) is 5.33. The molecule has 0 spiro atoms. The molecule has 1 aromatic heterocycles. The van der Waals surface area contributed by atoms with Gasteiger partial charge in [0, 0.05) is 12.6 Å². The molecule has 4 nitrogen and oxygen atoms in total. The van der Waals surface area contributed by atoms with Crippen LogP contribution in [0.3, 0.4) is 0 Å². The first-order chi connectivity index (χ1) is 8.70. The van der Waals surface area contributed by atoms with Crippen molar-refractivity contribution < 1.29 is 10.2 Å². The average Bonchev–Trinajstić information content (AvgIpc) is 2.87. The van der Waals surface area contributed by atoms with Gasteiger partial charge in [-0.25, -0.2) is 0 Å². The van der Waals surface area contributed by atoms with E-state index in [2.05, 4.69) is 5.10 Å². The minimum Gasteiger partial charge on any atom is -0.390 e. The summed E-state index contributed by atoms with van der Waals surface area (Å²) in [5.41, 5.74) is 0.876. The van der Waals surface area contributed by atoms with Gasteiger partial charge >= 0.3 is 0 Å². The van der Waals surface area contributed by atoms with E-state index in [9.17, 15) is 10.2 Å². The molecule has 0 saturated heterocycles. The number of hydrogen-bond acceptors (Lipinski definition) is 3. The molecule has 18 heavy (non-hydrogen) atoms. The van der Waals surface area contributed by atoms with E-state index in [4.69, 9.17) is 0 Å². The second kappa shape index (κ2) is 6.34. The van der Waals surface area contributed by atoms with Gasteiger partial charge in [0.2, 0.25) is 0 Å². The molecule has 4 heteroatoms. The predicted octanol–water partition coefficient (Wildman–Crippen LogP) is 2.06. The van der Waals surface area contributed by atoms with E-state index >= 15 is 0 Å². The molecule has 1 saturated carbocycles. The van der Waals surface area contributed by atoms with Gasteiger partial charge in [0.1, 0.15) is 0 Å². The number of hydrogen-bond donors (Lipinski definition) is 2. The highest BCUT2D eigenvalue weighted by Crippen LogP contribution is 2.27. The van der Waals surface area contributed by atoms with Gasteiger partial charge in [-0.05, 0) is 25.3 Å². The molecular formula is C14H24N2O2. The Morgan fingerprint density at radius 1 is 1.28 bits per heavy atom. The van der Waals surface area contributed by atoms with Crippen molar-refractivity contribution in [2.45, 2.75) is 70.1 Å². The van der Waals surface area contributed by atoms with Crippen molar-refractivity contribution in [3.05, 3.63) is 18.0 Å². The Kier molecular flexibility index (Phi) is 4.78. The fourth-order valence-electron chi connectivity index (χ4n) is 2.66. The van der Waals surface area contributed by atoms with Crippen molar-refractivity contribution >= 4 is 0 Å². The fraction of sp³-hybridized carbons (Fsp3) is 0.786. The Morgan fingerprint density at radius 2 is 2.00 bits per heavy atom. The Balaban J connectivity index is 1.93. The molecule has 2 unspecified atom stereocenters. The molecule has 1 aliphatic rings. The maximum Gasteiger partial charge on any atom is 0.0854 e.